The average Bonchev–Trinajstić information content (AvgIpc) is 2.85. The van der Waals surface area contributed by atoms with Crippen LogP contribution in [0.1, 0.15) is 11.3 Å². The maximum atomic E-state index is 5.91. The number of nitrogens with two attached hydrogens (primary N) is 1. The second kappa shape index (κ2) is 6.11. The van der Waals surface area contributed by atoms with E-state index in [0.29, 0.717) is 6.54 Å². The van der Waals surface area contributed by atoms with Crippen LogP contribution in [0.4, 0.5) is 0 Å². The fourth-order valence-corrected chi connectivity index (χ4v) is 3.17. The van der Waals surface area contributed by atoms with Gasteiger partial charge in [0.05, 0.1) is 11.4 Å². The van der Waals surface area contributed by atoms with Crippen molar-refractivity contribution >= 4 is 11.8 Å². The molecule has 5 heteroatoms. The number of hydrogen-bond donors (Lipinski definition) is 1. The number of pyridine rings is 1. The largest absolute Gasteiger partial charge is 0.326 e. The molecule has 0 aliphatic heterocycles. The summed E-state index contributed by atoms with van der Waals surface area (Å²) in [5.74, 6) is 0. The minimum atomic E-state index is 0.466. The van der Waals surface area contributed by atoms with E-state index in [1.54, 1.807) is 18.0 Å². The highest BCUT2D eigenvalue weighted by Crippen LogP contribution is 2.32. The third-order valence-corrected chi connectivity index (χ3v) is 4.24. The van der Waals surface area contributed by atoms with Crippen LogP contribution in [-0.4, -0.2) is 14.8 Å². The van der Waals surface area contributed by atoms with Crippen molar-refractivity contribution in [2.24, 2.45) is 5.73 Å². The van der Waals surface area contributed by atoms with E-state index in [9.17, 15) is 0 Å². The summed E-state index contributed by atoms with van der Waals surface area (Å²) in [5, 5.41) is 6.60. The molecule has 0 unspecified atom stereocenters. The van der Waals surface area contributed by atoms with E-state index in [2.05, 4.69) is 10.1 Å². The monoisotopic (exact) mass is 296 g/mol. The number of para-hydroxylation sites is 1. The third-order valence-electron chi connectivity index (χ3n) is 3.18. The molecular weight excluding hydrogens is 280 g/mol. The lowest BCUT2D eigenvalue weighted by molar-refractivity contribution is 0.787. The highest BCUT2D eigenvalue weighted by atomic mass is 32.2. The Balaban J connectivity index is 2.09. The Morgan fingerprint density at radius 2 is 1.86 bits per heavy atom. The molecule has 0 aliphatic rings. The van der Waals surface area contributed by atoms with Gasteiger partial charge >= 0.3 is 0 Å². The van der Waals surface area contributed by atoms with Crippen LogP contribution >= 0.6 is 11.8 Å². The van der Waals surface area contributed by atoms with E-state index in [4.69, 9.17) is 5.73 Å². The molecule has 0 atom stereocenters. The molecule has 2 aromatic heterocycles. The maximum absolute atomic E-state index is 5.91. The highest BCUT2D eigenvalue weighted by molar-refractivity contribution is 7.99. The number of nitrogens with zero attached hydrogens (tertiary/aromatic N) is 3. The number of rotatable bonds is 4. The number of hydrogen-bond acceptors (Lipinski definition) is 4. The number of aromatic nitrogens is 3. The van der Waals surface area contributed by atoms with Crippen LogP contribution < -0.4 is 5.73 Å². The summed E-state index contributed by atoms with van der Waals surface area (Å²) in [6.07, 6.45) is 1.79. The van der Waals surface area contributed by atoms with Crippen molar-refractivity contribution in [2.75, 3.05) is 0 Å². The molecule has 0 fully saturated rings. The molecular formula is C16H16N4S. The van der Waals surface area contributed by atoms with Crippen molar-refractivity contribution in [1.29, 1.82) is 0 Å². The van der Waals surface area contributed by atoms with Crippen LogP contribution in [-0.2, 0) is 6.54 Å². The first kappa shape index (κ1) is 13.9. The van der Waals surface area contributed by atoms with Gasteiger partial charge in [-0.1, -0.05) is 24.3 Å². The van der Waals surface area contributed by atoms with Crippen LogP contribution in [0.15, 0.2) is 64.8 Å². The summed E-state index contributed by atoms with van der Waals surface area (Å²) in [7, 11) is 0. The van der Waals surface area contributed by atoms with Crippen molar-refractivity contribution < 1.29 is 0 Å². The minimum Gasteiger partial charge on any atom is -0.326 e. The molecule has 2 N–H and O–H groups in total. The predicted octanol–water partition coefficient (Wildman–Crippen LogP) is 3.19. The number of aryl methyl sites for hydroxylation is 1. The molecule has 106 valence electrons. The van der Waals surface area contributed by atoms with Crippen LogP contribution in [0.25, 0.3) is 5.69 Å². The topological polar surface area (TPSA) is 56.7 Å². The van der Waals surface area contributed by atoms with Gasteiger partial charge in [-0.05, 0) is 43.0 Å². The zero-order valence-electron chi connectivity index (χ0n) is 11.7. The molecule has 0 bridgehead atoms. The molecule has 0 radical (unpaired) electrons. The zero-order chi connectivity index (χ0) is 14.7. The summed E-state index contributed by atoms with van der Waals surface area (Å²) in [5.41, 5.74) is 8.96. The molecule has 3 aromatic rings. The first-order chi connectivity index (χ1) is 10.3. The lowest BCUT2D eigenvalue weighted by Gasteiger charge is -2.08. The van der Waals surface area contributed by atoms with Crippen LogP contribution in [0.3, 0.4) is 0 Å². The van der Waals surface area contributed by atoms with Gasteiger partial charge < -0.3 is 5.73 Å². The maximum Gasteiger partial charge on any atom is 0.111 e. The summed E-state index contributed by atoms with van der Waals surface area (Å²) < 4.78 is 1.94. The third kappa shape index (κ3) is 2.84. The van der Waals surface area contributed by atoms with Gasteiger partial charge in [-0.2, -0.15) is 5.10 Å². The van der Waals surface area contributed by atoms with Crippen LogP contribution in [0.2, 0.25) is 0 Å². The standard InChI is InChI=1S/C16H16N4S/c1-12-14(11-17)16(21-15-9-5-6-10-18-15)20(19-12)13-7-3-2-4-8-13/h2-10H,11,17H2,1H3. The quantitative estimate of drug-likeness (QED) is 0.803. The fraction of sp³-hybridized carbons (Fsp3) is 0.125. The van der Waals surface area contributed by atoms with Crippen LogP contribution in [0, 0.1) is 6.92 Å². The Morgan fingerprint density at radius 1 is 1.10 bits per heavy atom. The Labute approximate surface area is 128 Å². The molecule has 0 aliphatic carbocycles. The van der Waals surface area contributed by atoms with Crippen molar-refractivity contribution in [2.45, 2.75) is 23.5 Å². The second-order valence-electron chi connectivity index (χ2n) is 4.59. The van der Waals surface area contributed by atoms with Crippen LogP contribution in [0.5, 0.6) is 0 Å². The van der Waals surface area contributed by atoms with Gasteiger partial charge in [0.2, 0.25) is 0 Å². The molecule has 0 saturated carbocycles. The summed E-state index contributed by atoms with van der Waals surface area (Å²) in [6, 6.07) is 16.0. The Morgan fingerprint density at radius 3 is 2.52 bits per heavy atom. The Hall–Kier alpha value is -2.11. The van der Waals surface area contributed by atoms with Gasteiger partial charge in [0.1, 0.15) is 10.1 Å². The van der Waals surface area contributed by atoms with E-state index >= 15 is 0 Å². The average molecular weight is 296 g/mol. The van der Waals surface area contributed by atoms with Crippen molar-refractivity contribution in [3.05, 3.63) is 66.0 Å². The molecule has 2 heterocycles. The van der Waals surface area contributed by atoms with Crippen molar-refractivity contribution in [3.63, 3.8) is 0 Å². The van der Waals surface area contributed by atoms with Gasteiger partial charge in [-0.15, -0.1) is 0 Å². The van der Waals surface area contributed by atoms with Gasteiger partial charge in [0.15, 0.2) is 0 Å². The summed E-state index contributed by atoms with van der Waals surface area (Å²) in [4.78, 5) is 4.37. The van der Waals surface area contributed by atoms with E-state index in [1.165, 1.54) is 0 Å². The SMILES string of the molecule is Cc1nn(-c2ccccc2)c(Sc2ccccn2)c1CN. The molecule has 0 amide bonds. The predicted molar refractivity (Wildman–Crippen MR) is 84.6 cm³/mol. The van der Waals surface area contributed by atoms with Gasteiger partial charge in [0, 0.05) is 18.3 Å². The summed E-state index contributed by atoms with van der Waals surface area (Å²) >= 11 is 1.59. The molecule has 4 nitrogen and oxygen atoms in total. The van der Waals surface area contributed by atoms with Gasteiger partial charge in [0.25, 0.3) is 0 Å². The van der Waals surface area contributed by atoms with E-state index < -0.39 is 0 Å². The summed E-state index contributed by atoms with van der Waals surface area (Å²) in [6.45, 7) is 2.46. The highest BCUT2D eigenvalue weighted by Gasteiger charge is 2.16. The van der Waals surface area contributed by atoms with Gasteiger partial charge in [-0.3, -0.25) is 0 Å². The molecule has 1 aromatic carbocycles. The first-order valence-corrected chi connectivity index (χ1v) is 7.54. The molecule has 3 rings (SSSR count). The normalized spacial score (nSPS) is 10.8. The molecule has 21 heavy (non-hydrogen) atoms. The Kier molecular flexibility index (Phi) is 4.03. The van der Waals surface area contributed by atoms with E-state index in [-0.39, 0.29) is 0 Å². The van der Waals surface area contributed by atoms with Gasteiger partial charge in [-0.25, -0.2) is 9.67 Å². The van der Waals surface area contributed by atoms with E-state index in [0.717, 1.165) is 27.0 Å². The smallest absolute Gasteiger partial charge is 0.111 e. The van der Waals surface area contributed by atoms with Crippen molar-refractivity contribution in [3.8, 4) is 5.69 Å². The fourth-order valence-electron chi connectivity index (χ4n) is 2.13. The lowest BCUT2D eigenvalue weighted by Crippen LogP contribution is -2.01. The molecule has 0 spiro atoms. The lowest BCUT2D eigenvalue weighted by atomic mass is 10.3. The first-order valence-electron chi connectivity index (χ1n) is 6.72. The zero-order valence-corrected chi connectivity index (χ0v) is 12.5. The minimum absolute atomic E-state index is 0.466. The van der Waals surface area contributed by atoms with Crippen molar-refractivity contribution in [1.82, 2.24) is 14.8 Å². The molecule has 0 saturated heterocycles. The second-order valence-corrected chi connectivity index (χ2v) is 5.60. The Bertz CT molecular complexity index is 723. The number of benzene rings is 1. The van der Waals surface area contributed by atoms with E-state index in [1.807, 2.05) is 60.1 Å².